The first-order valence-corrected chi connectivity index (χ1v) is 10.4. The monoisotopic (exact) mass is 453 g/mol. The van der Waals surface area contributed by atoms with E-state index in [0.717, 1.165) is 16.6 Å². The molecule has 0 radical (unpaired) electrons. The third-order valence-corrected chi connectivity index (χ3v) is 5.59. The fourth-order valence-electron chi connectivity index (χ4n) is 3.92. The van der Waals surface area contributed by atoms with Gasteiger partial charge in [0.1, 0.15) is 30.2 Å². The molecule has 10 nitrogen and oxygen atoms in total. The number of nitrogens with one attached hydrogen (secondary N) is 1. The van der Waals surface area contributed by atoms with E-state index in [4.69, 9.17) is 4.98 Å². The Morgan fingerprint density at radius 1 is 1.06 bits per heavy atom. The van der Waals surface area contributed by atoms with Crippen molar-refractivity contribution in [3.63, 3.8) is 0 Å². The zero-order valence-corrected chi connectivity index (χ0v) is 18.1. The number of carbonyl (C=O) groups is 1. The summed E-state index contributed by atoms with van der Waals surface area (Å²) in [6.45, 7) is 0. The van der Waals surface area contributed by atoms with Crippen molar-refractivity contribution in [2.24, 2.45) is 7.05 Å². The molecule has 0 aliphatic rings. The Balaban J connectivity index is 1.54. The second-order valence-electron chi connectivity index (χ2n) is 7.64. The second kappa shape index (κ2) is 8.58. The summed E-state index contributed by atoms with van der Waals surface area (Å²) in [5.41, 5.74) is 2.69. The van der Waals surface area contributed by atoms with Crippen molar-refractivity contribution in [1.29, 1.82) is 0 Å². The molecule has 0 fully saturated rings. The van der Waals surface area contributed by atoms with E-state index in [1.165, 1.54) is 35.5 Å². The van der Waals surface area contributed by atoms with E-state index >= 15 is 0 Å². The number of nitrogens with zero attached hydrogens (tertiary/aromatic N) is 6. The summed E-state index contributed by atoms with van der Waals surface area (Å²) in [6, 6.07) is 20.9. The molecular weight excluding hydrogens is 434 g/mol. The number of imidazole rings is 1. The van der Waals surface area contributed by atoms with Gasteiger partial charge in [0.25, 0.3) is 11.6 Å². The van der Waals surface area contributed by atoms with Crippen LogP contribution in [-0.2, 0) is 7.05 Å². The number of nitro groups is 1. The van der Waals surface area contributed by atoms with Crippen molar-refractivity contribution in [3.8, 4) is 5.69 Å². The van der Waals surface area contributed by atoms with Crippen molar-refractivity contribution < 1.29 is 9.72 Å². The lowest BCUT2D eigenvalue weighted by molar-refractivity contribution is -0.384. The summed E-state index contributed by atoms with van der Waals surface area (Å²) in [5.74, 6) is 0.184. The molecule has 0 aliphatic carbocycles. The average Bonchev–Trinajstić information content (AvgIpc) is 3.51. The summed E-state index contributed by atoms with van der Waals surface area (Å²) in [6.07, 6.45) is 2.64. The smallest absolute Gasteiger partial charge is 0.295 e. The SMILES string of the molecule is Cn1c(C(NC(=O)c2ccc(-n3cncn3)c([N+](=O)[O-])c2)c2ccccc2)nc2ccccc21. The first-order chi connectivity index (χ1) is 16.5. The van der Waals surface area contributed by atoms with Crippen LogP contribution in [0.3, 0.4) is 0 Å². The highest BCUT2D eigenvalue weighted by Crippen LogP contribution is 2.27. The molecule has 3 aromatic carbocycles. The summed E-state index contributed by atoms with van der Waals surface area (Å²) in [7, 11) is 1.89. The zero-order chi connectivity index (χ0) is 23.7. The highest BCUT2D eigenvalue weighted by molar-refractivity contribution is 5.96. The minimum atomic E-state index is -0.569. The first-order valence-electron chi connectivity index (χ1n) is 10.4. The highest BCUT2D eigenvalue weighted by Gasteiger charge is 2.25. The maximum Gasteiger partial charge on any atom is 0.295 e. The molecule has 0 saturated heterocycles. The first kappa shape index (κ1) is 21.0. The third kappa shape index (κ3) is 3.77. The van der Waals surface area contributed by atoms with Gasteiger partial charge >= 0.3 is 0 Å². The Kier molecular flexibility index (Phi) is 5.30. The van der Waals surface area contributed by atoms with Crippen LogP contribution in [0.1, 0.15) is 27.8 Å². The van der Waals surface area contributed by atoms with E-state index in [-0.39, 0.29) is 16.9 Å². The van der Waals surface area contributed by atoms with E-state index in [0.29, 0.717) is 5.82 Å². The van der Waals surface area contributed by atoms with Gasteiger partial charge in [-0.2, -0.15) is 5.10 Å². The zero-order valence-electron chi connectivity index (χ0n) is 18.1. The standard InChI is InChI=1S/C24H19N7O3/c1-29-19-10-6-5-9-18(19)27-23(29)22(16-7-3-2-4-8-16)28-24(32)17-11-12-20(21(13-17)31(33)34)30-15-25-14-26-30/h2-15,22H,1H3,(H,28,32). The van der Waals surface area contributed by atoms with Gasteiger partial charge in [-0.3, -0.25) is 14.9 Å². The summed E-state index contributed by atoms with van der Waals surface area (Å²) >= 11 is 0. The average molecular weight is 453 g/mol. The Hall–Kier alpha value is -4.86. The maximum atomic E-state index is 13.3. The number of nitro benzene ring substituents is 1. The van der Waals surface area contributed by atoms with Gasteiger partial charge in [-0.05, 0) is 29.8 Å². The molecule has 10 heteroatoms. The van der Waals surface area contributed by atoms with Gasteiger partial charge in [0.15, 0.2) is 0 Å². The predicted molar refractivity (Wildman–Crippen MR) is 124 cm³/mol. The molecule has 0 saturated carbocycles. The number of para-hydroxylation sites is 2. The molecule has 5 aromatic rings. The molecule has 1 unspecified atom stereocenters. The molecule has 1 atom stereocenters. The topological polar surface area (TPSA) is 121 Å². The molecular formula is C24H19N7O3. The van der Waals surface area contributed by atoms with Gasteiger partial charge in [0, 0.05) is 18.7 Å². The van der Waals surface area contributed by atoms with E-state index in [9.17, 15) is 14.9 Å². The van der Waals surface area contributed by atoms with Crippen LogP contribution in [-0.4, -0.2) is 35.1 Å². The van der Waals surface area contributed by atoms with Crippen LogP contribution in [0.4, 0.5) is 5.69 Å². The van der Waals surface area contributed by atoms with Crippen LogP contribution in [0.5, 0.6) is 0 Å². The van der Waals surface area contributed by atoms with Crippen LogP contribution in [0, 0.1) is 10.1 Å². The quantitative estimate of drug-likeness (QED) is 0.310. The number of aryl methyl sites for hydroxylation is 1. The molecule has 0 bridgehead atoms. The summed E-state index contributed by atoms with van der Waals surface area (Å²) in [5, 5.41) is 18.7. The number of carbonyl (C=O) groups excluding carboxylic acids is 1. The number of hydrogen-bond acceptors (Lipinski definition) is 6. The minimum Gasteiger partial charge on any atom is -0.338 e. The molecule has 5 rings (SSSR count). The molecule has 2 heterocycles. The predicted octanol–water partition coefficient (Wildman–Crippen LogP) is 3.58. The summed E-state index contributed by atoms with van der Waals surface area (Å²) < 4.78 is 3.22. The van der Waals surface area contributed by atoms with Gasteiger partial charge in [0.2, 0.25) is 0 Å². The molecule has 168 valence electrons. The largest absolute Gasteiger partial charge is 0.338 e. The van der Waals surface area contributed by atoms with Gasteiger partial charge in [0.05, 0.1) is 16.0 Å². The lowest BCUT2D eigenvalue weighted by Crippen LogP contribution is -2.31. The Labute approximate surface area is 193 Å². The number of fused-ring (bicyclic) bond motifs is 1. The van der Waals surface area contributed by atoms with Crippen molar-refractivity contribution in [1.82, 2.24) is 29.6 Å². The van der Waals surface area contributed by atoms with Crippen LogP contribution >= 0.6 is 0 Å². The van der Waals surface area contributed by atoms with Crippen LogP contribution in [0.2, 0.25) is 0 Å². The third-order valence-electron chi connectivity index (χ3n) is 5.59. The molecule has 1 N–H and O–H groups in total. The Morgan fingerprint density at radius 3 is 2.53 bits per heavy atom. The molecule has 0 aliphatic heterocycles. The number of rotatable bonds is 6. The second-order valence-corrected chi connectivity index (χ2v) is 7.64. The van der Waals surface area contributed by atoms with Gasteiger partial charge in [-0.15, -0.1) is 0 Å². The lowest BCUT2D eigenvalue weighted by atomic mass is 10.0. The van der Waals surface area contributed by atoms with Gasteiger partial charge in [-0.1, -0.05) is 42.5 Å². The molecule has 34 heavy (non-hydrogen) atoms. The molecule has 2 aromatic heterocycles. The van der Waals surface area contributed by atoms with E-state index < -0.39 is 16.9 Å². The highest BCUT2D eigenvalue weighted by atomic mass is 16.6. The lowest BCUT2D eigenvalue weighted by Gasteiger charge is -2.19. The summed E-state index contributed by atoms with van der Waals surface area (Å²) in [4.78, 5) is 33.0. The van der Waals surface area contributed by atoms with Crippen LogP contribution in [0.25, 0.3) is 16.7 Å². The number of aromatic nitrogens is 5. The van der Waals surface area contributed by atoms with E-state index in [2.05, 4.69) is 15.4 Å². The van der Waals surface area contributed by atoms with Crippen molar-refractivity contribution in [2.45, 2.75) is 6.04 Å². The number of benzene rings is 3. The Morgan fingerprint density at radius 2 is 1.82 bits per heavy atom. The number of amides is 1. The van der Waals surface area contributed by atoms with Crippen molar-refractivity contribution in [3.05, 3.63) is 113 Å². The molecule has 0 spiro atoms. The van der Waals surface area contributed by atoms with Gasteiger partial charge in [-0.25, -0.2) is 14.6 Å². The molecule has 1 amide bonds. The minimum absolute atomic E-state index is 0.148. The van der Waals surface area contributed by atoms with E-state index in [1.54, 1.807) is 0 Å². The number of hydrogen-bond donors (Lipinski definition) is 1. The fraction of sp³-hybridized carbons (Fsp3) is 0.0833. The van der Waals surface area contributed by atoms with E-state index in [1.807, 2.05) is 66.2 Å². The maximum absolute atomic E-state index is 13.3. The van der Waals surface area contributed by atoms with Crippen LogP contribution < -0.4 is 5.32 Å². The van der Waals surface area contributed by atoms with Crippen molar-refractivity contribution >= 4 is 22.6 Å². The Bertz CT molecular complexity index is 1490. The fourth-order valence-corrected chi connectivity index (χ4v) is 3.92. The normalized spacial score (nSPS) is 11.9. The van der Waals surface area contributed by atoms with Crippen molar-refractivity contribution in [2.75, 3.05) is 0 Å². The van der Waals surface area contributed by atoms with Crippen LogP contribution in [0.15, 0.2) is 85.5 Å². The van der Waals surface area contributed by atoms with Gasteiger partial charge < -0.3 is 9.88 Å².